The molecule has 2 heterocycles. The Bertz CT molecular complexity index is 938. The van der Waals surface area contributed by atoms with E-state index in [1.54, 1.807) is 19.2 Å². The summed E-state index contributed by atoms with van der Waals surface area (Å²) in [6, 6.07) is 4.51. The lowest BCUT2D eigenvalue weighted by molar-refractivity contribution is 0.218. The van der Waals surface area contributed by atoms with E-state index < -0.39 is 11.9 Å². The van der Waals surface area contributed by atoms with E-state index in [4.69, 9.17) is 33.7 Å². The Balaban J connectivity index is 1.78. The lowest BCUT2D eigenvalue weighted by atomic mass is 10.1. The predicted octanol–water partition coefficient (Wildman–Crippen LogP) is 3.89. The Kier molecular flexibility index (Phi) is 7.20. The lowest BCUT2D eigenvalue weighted by Gasteiger charge is -2.29. The van der Waals surface area contributed by atoms with E-state index in [1.165, 1.54) is 12.1 Å². The zero-order valence-electron chi connectivity index (χ0n) is 16.3. The first-order valence-electron chi connectivity index (χ1n) is 9.38. The van der Waals surface area contributed by atoms with Crippen molar-refractivity contribution in [2.45, 2.75) is 26.0 Å². The highest BCUT2D eigenvalue weighted by atomic mass is 35.5. The fourth-order valence-electron chi connectivity index (χ4n) is 3.13. The quantitative estimate of drug-likeness (QED) is 0.561. The summed E-state index contributed by atoms with van der Waals surface area (Å²) < 4.78 is 19.7. The first kappa shape index (κ1) is 21.7. The maximum absolute atomic E-state index is 13.8. The molecule has 0 aliphatic carbocycles. The minimum atomic E-state index is -0.627. The number of ether oxygens (including phenoxy) is 1. The number of nitrogens with two attached hydrogens (primary N) is 1. The predicted molar refractivity (Wildman–Crippen MR) is 115 cm³/mol. The Labute approximate surface area is 180 Å². The number of rotatable bonds is 4. The van der Waals surface area contributed by atoms with Gasteiger partial charge in [0.05, 0.1) is 11.1 Å². The summed E-state index contributed by atoms with van der Waals surface area (Å²) in [5, 5.41) is 3.57. The second-order valence-corrected chi connectivity index (χ2v) is 7.64. The molecule has 1 aliphatic heterocycles. The number of nitrogens with one attached hydrogen (secondary N) is 1. The van der Waals surface area contributed by atoms with Gasteiger partial charge in [0.15, 0.2) is 11.6 Å². The van der Waals surface area contributed by atoms with E-state index >= 15 is 0 Å². The first-order chi connectivity index (χ1) is 13.9. The fraction of sp³-hybridized carbons (Fsp3) is 0.381. The molecule has 154 valence electrons. The van der Waals surface area contributed by atoms with Gasteiger partial charge in [-0.05, 0) is 26.0 Å². The van der Waals surface area contributed by atoms with Crippen LogP contribution < -0.4 is 15.8 Å². The van der Waals surface area contributed by atoms with Gasteiger partial charge in [0, 0.05) is 54.6 Å². The van der Waals surface area contributed by atoms with Gasteiger partial charge in [-0.25, -0.2) is 9.37 Å². The topological polar surface area (TPSA) is 63.4 Å². The number of halogens is 3. The molecular formula is C21H23Cl2FN4O. The molecule has 1 fully saturated rings. The summed E-state index contributed by atoms with van der Waals surface area (Å²) >= 11 is 12.3. The van der Waals surface area contributed by atoms with E-state index in [-0.39, 0.29) is 16.9 Å². The standard InChI is InChI=1S/C21H23Cl2FN4O/c1-13(28-9-7-26-8-10-28)3-4-15-11-18(21(25)27-12-15)29-14(2)19-16(22)5-6-17(24)20(19)23/h5-6,11-14,26H,7-10H2,1-2H3,(H2,25,27). The van der Waals surface area contributed by atoms with Crippen LogP contribution in [0.2, 0.25) is 10.0 Å². The molecule has 29 heavy (non-hydrogen) atoms. The van der Waals surface area contributed by atoms with Crippen LogP contribution in [0, 0.1) is 17.7 Å². The van der Waals surface area contributed by atoms with Crippen molar-refractivity contribution < 1.29 is 9.13 Å². The van der Waals surface area contributed by atoms with E-state index in [9.17, 15) is 4.39 Å². The van der Waals surface area contributed by atoms with Crippen molar-refractivity contribution in [3.8, 4) is 17.6 Å². The molecule has 0 saturated carbocycles. The Morgan fingerprint density at radius 2 is 2.00 bits per heavy atom. The van der Waals surface area contributed by atoms with Crippen molar-refractivity contribution >= 4 is 29.0 Å². The van der Waals surface area contributed by atoms with Gasteiger partial charge in [0.1, 0.15) is 11.9 Å². The highest BCUT2D eigenvalue weighted by Crippen LogP contribution is 2.35. The molecule has 3 rings (SSSR count). The molecule has 1 saturated heterocycles. The number of pyridine rings is 1. The molecule has 0 spiro atoms. The van der Waals surface area contributed by atoms with Crippen molar-refractivity contribution in [3.63, 3.8) is 0 Å². The Hall–Kier alpha value is -2.04. The number of piperazine rings is 1. The number of nitrogen functional groups attached to an aromatic ring is 1. The van der Waals surface area contributed by atoms with Crippen LogP contribution in [0.4, 0.5) is 10.2 Å². The van der Waals surface area contributed by atoms with Gasteiger partial charge in [0.25, 0.3) is 0 Å². The highest BCUT2D eigenvalue weighted by Gasteiger charge is 2.20. The molecule has 0 amide bonds. The number of benzene rings is 1. The summed E-state index contributed by atoms with van der Waals surface area (Å²) in [5.74, 6) is 6.37. The van der Waals surface area contributed by atoms with Crippen LogP contribution in [-0.2, 0) is 0 Å². The van der Waals surface area contributed by atoms with Crippen LogP contribution in [0.5, 0.6) is 5.75 Å². The van der Waals surface area contributed by atoms with Crippen molar-refractivity contribution in [2.24, 2.45) is 0 Å². The molecule has 2 aromatic rings. The number of hydrogen-bond donors (Lipinski definition) is 2. The van der Waals surface area contributed by atoms with Gasteiger partial charge in [-0.1, -0.05) is 35.0 Å². The summed E-state index contributed by atoms with van der Waals surface area (Å²) in [5.41, 5.74) is 6.99. The van der Waals surface area contributed by atoms with E-state index in [0.29, 0.717) is 21.9 Å². The third-order valence-electron chi connectivity index (χ3n) is 4.80. The SMILES string of the molecule is CC(Oc1cc(C#CC(C)N2CCNCC2)cnc1N)c1c(Cl)ccc(F)c1Cl. The second-order valence-electron chi connectivity index (χ2n) is 6.86. The van der Waals surface area contributed by atoms with Crippen LogP contribution in [0.3, 0.4) is 0 Å². The monoisotopic (exact) mass is 436 g/mol. The molecule has 8 heteroatoms. The minimum Gasteiger partial charge on any atom is -0.482 e. The Morgan fingerprint density at radius 3 is 2.72 bits per heavy atom. The summed E-state index contributed by atoms with van der Waals surface area (Å²) in [7, 11) is 0. The van der Waals surface area contributed by atoms with Gasteiger partial charge in [-0.2, -0.15) is 0 Å². The minimum absolute atomic E-state index is 0.0719. The molecular weight excluding hydrogens is 414 g/mol. The fourth-order valence-corrected chi connectivity index (χ4v) is 3.81. The maximum Gasteiger partial charge on any atom is 0.166 e. The van der Waals surface area contributed by atoms with Crippen LogP contribution >= 0.6 is 23.2 Å². The van der Waals surface area contributed by atoms with Crippen LogP contribution in [0.1, 0.15) is 31.1 Å². The van der Waals surface area contributed by atoms with Crippen LogP contribution in [-0.4, -0.2) is 42.1 Å². The first-order valence-corrected chi connectivity index (χ1v) is 10.1. The van der Waals surface area contributed by atoms with E-state index in [0.717, 1.165) is 26.2 Å². The molecule has 2 unspecified atom stereocenters. The third kappa shape index (κ3) is 5.31. The molecule has 5 nitrogen and oxygen atoms in total. The van der Waals surface area contributed by atoms with Crippen molar-refractivity contribution in [1.29, 1.82) is 0 Å². The van der Waals surface area contributed by atoms with Crippen LogP contribution in [0.25, 0.3) is 0 Å². The normalized spacial score (nSPS) is 16.6. The van der Waals surface area contributed by atoms with Gasteiger partial charge >= 0.3 is 0 Å². The molecule has 1 aliphatic rings. The molecule has 0 radical (unpaired) electrons. The Morgan fingerprint density at radius 1 is 1.28 bits per heavy atom. The molecule has 1 aromatic carbocycles. The largest absolute Gasteiger partial charge is 0.482 e. The van der Waals surface area contributed by atoms with E-state index in [1.807, 2.05) is 0 Å². The summed E-state index contributed by atoms with van der Waals surface area (Å²) in [6.07, 6.45) is 0.977. The number of hydrogen-bond acceptors (Lipinski definition) is 5. The molecule has 0 bridgehead atoms. The second kappa shape index (κ2) is 9.64. The van der Waals surface area contributed by atoms with Crippen molar-refractivity contribution in [3.05, 3.63) is 51.4 Å². The van der Waals surface area contributed by atoms with Gasteiger partial charge in [-0.3, -0.25) is 4.90 Å². The number of nitrogens with zero attached hydrogens (tertiary/aromatic N) is 2. The summed E-state index contributed by atoms with van der Waals surface area (Å²) in [6.45, 7) is 7.67. The summed E-state index contributed by atoms with van der Waals surface area (Å²) in [4.78, 5) is 6.49. The zero-order chi connectivity index (χ0) is 21.0. The van der Waals surface area contributed by atoms with Gasteiger partial charge in [0.2, 0.25) is 0 Å². The van der Waals surface area contributed by atoms with E-state index in [2.05, 4.69) is 34.0 Å². The van der Waals surface area contributed by atoms with Gasteiger partial charge in [-0.15, -0.1) is 0 Å². The van der Waals surface area contributed by atoms with Crippen molar-refractivity contribution in [2.75, 3.05) is 31.9 Å². The smallest absolute Gasteiger partial charge is 0.166 e. The highest BCUT2D eigenvalue weighted by molar-refractivity contribution is 6.36. The molecule has 2 atom stereocenters. The maximum atomic E-state index is 13.8. The molecule has 3 N–H and O–H groups in total. The average molecular weight is 437 g/mol. The molecule has 1 aromatic heterocycles. The number of aromatic nitrogens is 1. The third-order valence-corrected chi connectivity index (χ3v) is 5.51. The van der Waals surface area contributed by atoms with Crippen molar-refractivity contribution in [1.82, 2.24) is 15.2 Å². The van der Waals surface area contributed by atoms with Gasteiger partial charge < -0.3 is 15.8 Å². The lowest BCUT2D eigenvalue weighted by Crippen LogP contribution is -2.47. The average Bonchev–Trinajstić information content (AvgIpc) is 2.72. The zero-order valence-corrected chi connectivity index (χ0v) is 17.8. The number of anilines is 1. The van der Waals surface area contributed by atoms with Crippen LogP contribution in [0.15, 0.2) is 24.4 Å².